The molecular weight excluding hydrogens is 328 g/mol. The van der Waals surface area contributed by atoms with Crippen LogP contribution in [-0.4, -0.2) is 24.4 Å². The fraction of sp³-hybridized carbons (Fsp3) is 0.238. The summed E-state index contributed by atoms with van der Waals surface area (Å²) in [6.07, 6.45) is 2.91. The largest absolute Gasteiger partial charge is 0.496 e. The van der Waals surface area contributed by atoms with Crippen LogP contribution in [0.5, 0.6) is 11.5 Å². The van der Waals surface area contributed by atoms with E-state index >= 15 is 0 Å². The molecule has 26 heavy (non-hydrogen) atoms. The molecule has 0 fully saturated rings. The van der Waals surface area contributed by atoms with Gasteiger partial charge < -0.3 is 13.9 Å². The van der Waals surface area contributed by atoms with Gasteiger partial charge in [-0.05, 0) is 36.8 Å². The average molecular weight is 348 g/mol. The molecule has 2 aromatic heterocycles. The smallest absolute Gasteiger partial charge is 0.202 e. The quantitative estimate of drug-likeness (QED) is 0.633. The fourth-order valence-electron chi connectivity index (χ4n) is 3.37. The van der Waals surface area contributed by atoms with Crippen LogP contribution in [0.3, 0.4) is 0 Å². The highest BCUT2D eigenvalue weighted by Crippen LogP contribution is 2.34. The van der Waals surface area contributed by atoms with Gasteiger partial charge in [-0.15, -0.1) is 0 Å². The normalized spacial score (nSPS) is 10.5. The fourth-order valence-corrected chi connectivity index (χ4v) is 3.37. The Labute approximate surface area is 152 Å². The Hall–Kier alpha value is -3.26. The molecule has 5 nitrogen and oxygen atoms in total. The van der Waals surface area contributed by atoms with E-state index in [2.05, 4.69) is 6.07 Å². The first kappa shape index (κ1) is 17.6. The second-order valence-electron chi connectivity index (χ2n) is 5.93. The summed E-state index contributed by atoms with van der Waals surface area (Å²) in [5.41, 5.74) is 3.68. The van der Waals surface area contributed by atoms with Gasteiger partial charge in [0.2, 0.25) is 5.78 Å². The summed E-state index contributed by atoms with van der Waals surface area (Å²) >= 11 is 0. The van der Waals surface area contributed by atoms with Gasteiger partial charge in [0.25, 0.3) is 0 Å². The van der Waals surface area contributed by atoms with Gasteiger partial charge in [-0.25, -0.2) is 0 Å². The highest BCUT2D eigenvalue weighted by Gasteiger charge is 2.26. The zero-order valence-corrected chi connectivity index (χ0v) is 15.1. The van der Waals surface area contributed by atoms with Gasteiger partial charge in [0.05, 0.1) is 31.4 Å². The van der Waals surface area contributed by atoms with Crippen LogP contribution in [0.15, 0.2) is 42.6 Å². The first-order chi connectivity index (χ1) is 12.6. The average Bonchev–Trinajstić information content (AvgIpc) is 2.96. The molecule has 0 bridgehead atoms. The molecule has 0 aliphatic heterocycles. The molecule has 0 saturated carbocycles. The van der Waals surface area contributed by atoms with Crippen LogP contribution in [0.25, 0.3) is 5.52 Å². The van der Waals surface area contributed by atoms with Crippen molar-refractivity contribution in [2.24, 2.45) is 0 Å². The summed E-state index contributed by atoms with van der Waals surface area (Å²) in [4.78, 5) is 13.5. The lowest BCUT2D eigenvalue weighted by Gasteiger charge is -2.12. The zero-order chi connectivity index (χ0) is 18.7. The van der Waals surface area contributed by atoms with Crippen LogP contribution in [0.2, 0.25) is 0 Å². The molecule has 0 amide bonds. The number of nitrogens with zero attached hydrogens (tertiary/aromatic N) is 2. The minimum absolute atomic E-state index is 0.149. The zero-order valence-electron chi connectivity index (χ0n) is 15.1. The Kier molecular flexibility index (Phi) is 4.94. The van der Waals surface area contributed by atoms with Crippen molar-refractivity contribution in [3.8, 4) is 17.6 Å². The maximum Gasteiger partial charge on any atom is 0.202 e. The number of hydrogen-bond acceptors (Lipinski definition) is 4. The molecule has 0 radical (unpaired) electrons. The molecule has 0 saturated heterocycles. The molecule has 0 atom stereocenters. The van der Waals surface area contributed by atoms with E-state index in [0.717, 1.165) is 16.8 Å². The molecule has 0 unspecified atom stereocenters. The maximum atomic E-state index is 13.5. The van der Waals surface area contributed by atoms with E-state index in [0.29, 0.717) is 35.5 Å². The molecule has 0 aliphatic rings. The molecule has 0 aliphatic carbocycles. The molecule has 0 spiro atoms. The second-order valence-corrected chi connectivity index (χ2v) is 5.93. The van der Waals surface area contributed by atoms with Crippen molar-refractivity contribution in [2.75, 3.05) is 14.2 Å². The number of carbonyl (C=O) groups excluding carboxylic acids is 1. The summed E-state index contributed by atoms with van der Waals surface area (Å²) in [5.74, 6) is 0.800. The van der Waals surface area contributed by atoms with Gasteiger partial charge in [-0.1, -0.05) is 12.1 Å². The number of aromatic nitrogens is 1. The molecular formula is C21H20N2O3. The predicted octanol–water partition coefficient (Wildman–Crippen LogP) is 3.95. The van der Waals surface area contributed by atoms with Crippen molar-refractivity contribution in [3.05, 3.63) is 65.0 Å². The Balaban J connectivity index is 2.26. The van der Waals surface area contributed by atoms with Crippen LogP contribution >= 0.6 is 0 Å². The number of nitriles is 1. The van der Waals surface area contributed by atoms with E-state index in [4.69, 9.17) is 14.7 Å². The summed E-state index contributed by atoms with van der Waals surface area (Å²) in [6, 6.07) is 13.2. The summed E-state index contributed by atoms with van der Waals surface area (Å²) in [7, 11) is 3.07. The third kappa shape index (κ3) is 2.80. The van der Waals surface area contributed by atoms with Gasteiger partial charge in [0, 0.05) is 24.7 Å². The van der Waals surface area contributed by atoms with E-state index in [1.165, 1.54) is 14.2 Å². The topological polar surface area (TPSA) is 63.7 Å². The Morgan fingerprint density at radius 3 is 2.38 bits per heavy atom. The summed E-state index contributed by atoms with van der Waals surface area (Å²) in [5, 5.41) is 8.96. The maximum absolute atomic E-state index is 13.5. The number of fused-ring (bicyclic) bond motifs is 1. The SMILES string of the molecule is COc1cccc(OC)c1C(=O)c1c(C)c(CCC#N)n2ccccc12. The summed E-state index contributed by atoms with van der Waals surface area (Å²) < 4.78 is 12.8. The van der Waals surface area contributed by atoms with Crippen LogP contribution in [0, 0.1) is 18.3 Å². The molecule has 5 heteroatoms. The third-order valence-corrected chi connectivity index (χ3v) is 4.57. The van der Waals surface area contributed by atoms with Crippen molar-refractivity contribution in [1.29, 1.82) is 5.26 Å². The predicted molar refractivity (Wildman–Crippen MR) is 99.0 cm³/mol. The third-order valence-electron chi connectivity index (χ3n) is 4.57. The first-order valence-electron chi connectivity index (χ1n) is 8.35. The van der Waals surface area contributed by atoms with Gasteiger partial charge >= 0.3 is 0 Å². The molecule has 3 rings (SSSR count). The van der Waals surface area contributed by atoms with Crippen molar-refractivity contribution < 1.29 is 14.3 Å². The van der Waals surface area contributed by atoms with E-state index < -0.39 is 0 Å². The van der Waals surface area contributed by atoms with Gasteiger partial charge in [-0.3, -0.25) is 4.79 Å². The lowest BCUT2D eigenvalue weighted by molar-refractivity contribution is 0.103. The lowest BCUT2D eigenvalue weighted by atomic mass is 9.98. The monoisotopic (exact) mass is 348 g/mol. The number of hydrogen-bond donors (Lipinski definition) is 0. The van der Waals surface area contributed by atoms with Gasteiger partial charge in [0.1, 0.15) is 17.1 Å². The number of rotatable bonds is 6. The molecule has 3 aromatic rings. The van der Waals surface area contributed by atoms with Gasteiger partial charge in [0.15, 0.2) is 0 Å². The van der Waals surface area contributed by atoms with Crippen molar-refractivity contribution in [3.63, 3.8) is 0 Å². The highest BCUT2D eigenvalue weighted by molar-refractivity contribution is 6.17. The number of aryl methyl sites for hydroxylation is 1. The van der Waals surface area contributed by atoms with E-state index in [9.17, 15) is 4.79 Å². The van der Waals surface area contributed by atoms with Crippen molar-refractivity contribution in [1.82, 2.24) is 4.40 Å². The number of carbonyl (C=O) groups is 1. The van der Waals surface area contributed by atoms with E-state index in [1.807, 2.05) is 35.7 Å². The van der Waals surface area contributed by atoms with Crippen LogP contribution in [-0.2, 0) is 6.42 Å². The Morgan fingerprint density at radius 2 is 1.77 bits per heavy atom. The minimum atomic E-state index is -0.149. The molecule has 132 valence electrons. The number of methoxy groups -OCH3 is 2. The second kappa shape index (κ2) is 7.32. The van der Waals surface area contributed by atoms with E-state index in [-0.39, 0.29) is 5.78 Å². The van der Waals surface area contributed by atoms with Gasteiger partial charge in [-0.2, -0.15) is 5.26 Å². The molecule has 1 aromatic carbocycles. The summed E-state index contributed by atoms with van der Waals surface area (Å²) in [6.45, 7) is 1.93. The molecule has 2 heterocycles. The first-order valence-corrected chi connectivity index (χ1v) is 8.35. The van der Waals surface area contributed by atoms with Crippen molar-refractivity contribution >= 4 is 11.3 Å². The standard InChI is InChI=1S/C21H20N2O3/c1-14-15(9-7-12-22)23-13-5-4-8-16(23)19(14)21(24)20-17(25-2)10-6-11-18(20)26-3/h4-6,8,10-11,13H,7,9H2,1-3H3. The number of pyridine rings is 1. The van der Waals surface area contributed by atoms with Crippen LogP contribution in [0.4, 0.5) is 0 Å². The number of ketones is 1. The minimum Gasteiger partial charge on any atom is -0.496 e. The number of benzene rings is 1. The van der Waals surface area contributed by atoms with Crippen LogP contribution in [0.1, 0.15) is 33.6 Å². The Bertz CT molecular complexity index is 990. The Morgan fingerprint density at radius 1 is 1.08 bits per heavy atom. The van der Waals surface area contributed by atoms with Crippen LogP contribution < -0.4 is 9.47 Å². The molecule has 0 N–H and O–H groups in total. The van der Waals surface area contributed by atoms with Crippen molar-refractivity contribution in [2.45, 2.75) is 19.8 Å². The number of ether oxygens (including phenoxy) is 2. The highest BCUT2D eigenvalue weighted by atomic mass is 16.5. The van der Waals surface area contributed by atoms with E-state index in [1.54, 1.807) is 18.2 Å². The lowest BCUT2D eigenvalue weighted by Crippen LogP contribution is -2.07.